The van der Waals surface area contributed by atoms with Gasteiger partial charge in [-0.25, -0.2) is 0 Å². The van der Waals surface area contributed by atoms with E-state index in [1.807, 2.05) is 24.3 Å². The zero-order valence-electron chi connectivity index (χ0n) is 8.90. The van der Waals surface area contributed by atoms with Gasteiger partial charge >= 0.3 is 0 Å². The van der Waals surface area contributed by atoms with Crippen molar-refractivity contribution in [2.75, 3.05) is 13.2 Å². The SMILES string of the molecule is O=C1CC(CO)CN1Cc1ccccc1Br. The van der Waals surface area contributed by atoms with E-state index in [1.165, 1.54) is 0 Å². The van der Waals surface area contributed by atoms with Crippen LogP contribution in [0, 0.1) is 5.92 Å². The van der Waals surface area contributed by atoms with Crippen molar-refractivity contribution in [3.63, 3.8) is 0 Å². The van der Waals surface area contributed by atoms with E-state index in [2.05, 4.69) is 15.9 Å². The molecule has 16 heavy (non-hydrogen) atoms. The highest BCUT2D eigenvalue weighted by Crippen LogP contribution is 2.23. The number of aliphatic hydroxyl groups excluding tert-OH is 1. The molecule has 1 amide bonds. The molecule has 1 aliphatic rings. The first-order valence-electron chi connectivity index (χ1n) is 5.32. The van der Waals surface area contributed by atoms with Crippen molar-refractivity contribution >= 4 is 21.8 Å². The standard InChI is InChI=1S/C12H14BrNO2/c13-11-4-2-1-3-10(11)7-14-6-9(8-15)5-12(14)16/h1-4,9,15H,5-8H2. The highest BCUT2D eigenvalue weighted by Gasteiger charge is 2.28. The Labute approximate surface area is 103 Å². The third kappa shape index (κ3) is 2.44. The number of carbonyl (C=O) groups is 1. The lowest BCUT2D eigenvalue weighted by Gasteiger charge is -2.17. The monoisotopic (exact) mass is 283 g/mol. The van der Waals surface area contributed by atoms with Gasteiger partial charge in [-0.05, 0) is 11.6 Å². The van der Waals surface area contributed by atoms with Gasteiger partial charge in [0, 0.05) is 36.5 Å². The number of carbonyl (C=O) groups excluding carboxylic acids is 1. The van der Waals surface area contributed by atoms with Gasteiger partial charge in [-0.3, -0.25) is 4.79 Å². The molecule has 0 spiro atoms. The topological polar surface area (TPSA) is 40.5 Å². The summed E-state index contributed by atoms with van der Waals surface area (Å²) >= 11 is 3.47. The van der Waals surface area contributed by atoms with Gasteiger partial charge < -0.3 is 10.0 Å². The molecule has 1 saturated heterocycles. The summed E-state index contributed by atoms with van der Waals surface area (Å²) in [6.45, 7) is 1.38. The first kappa shape index (κ1) is 11.6. The fraction of sp³-hybridized carbons (Fsp3) is 0.417. The van der Waals surface area contributed by atoms with Crippen molar-refractivity contribution in [1.82, 2.24) is 4.90 Å². The lowest BCUT2D eigenvalue weighted by molar-refractivity contribution is -0.128. The fourth-order valence-electron chi connectivity index (χ4n) is 1.96. The number of amides is 1. The minimum atomic E-state index is 0.0954. The number of hydrogen-bond acceptors (Lipinski definition) is 2. The van der Waals surface area contributed by atoms with Gasteiger partial charge in [0.2, 0.25) is 5.91 Å². The van der Waals surface area contributed by atoms with E-state index in [4.69, 9.17) is 5.11 Å². The van der Waals surface area contributed by atoms with Crippen LogP contribution in [-0.4, -0.2) is 29.1 Å². The summed E-state index contributed by atoms with van der Waals surface area (Å²) in [7, 11) is 0. The van der Waals surface area contributed by atoms with Crippen LogP contribution in [0.15, 0.2) is 28.7 Å². The minimum absolute atomic E-state index is 0.0954. The normalized spacial score (nSPS) is 20.5. The van der Waals surface area contributed by atoms with Crippen LogP contribution in [0.2, 0.25) is 0 Å². The smallest absolute Gasteiger partial charge is 0.223 e. The summed E-state index contributed by atoms with van der Waals surface area (Å²) in [6, 6.07) is 7.89. The first-order chi connectivity index (χ1) is 7.70. The van der Waals surface area contributed by atoms with Crippen LogP contribution >= 0.6 is 15.9 Å². The maximum absolute atomic E-state index is 11.7. The van der Waals surface area contributed by atoms with Gasteiger partial charge in [-0.15, -0.1) is 0 Å². The van der Waals surface area contributed by atoms with Gasteiger partial charge in [-0.2, -0.15) is 0 Å². The van der Waals surface area contributed by atoms with Crippen molar-refractivity contribution in [3.05, 3.63) is 34.3 Å². The second kappa shape index (κ2) is 4.97. The van der Waals surface area contributed by atoms with E-state index in [0.29, 0.717) is 19.5 Å². The Kier molecular flexibility index (Phi) is 3.61. The Morgan fingerprint density at radius 3 is 2.81 bits per heavy atom. The van der Waals surface area contributed by atoms with Crippen LogP contribution < -0.4 is 0 Å². The number of hydrogen-bond donors (Lipinski definition) is 1. The Morgan fingerprint density at radius 1 is 1.44 bits per heavy atom. The van der Waals surface area contributed by atoms with E-state index < -0.39 is 0 Å². The van der Waals surface area contributed by atoms with Gasteiger partial charge in [-0.1, -0.05) is 34.1 Å². The summed E-state index contributed by atoms with van der Waals surface area (Å²) in [5.74, 6) is 0.241. The van der Waals surface area contributed by atoms with Crippen LogP contribution in [0.4, 0.5) is 0 Å². The van der Waals surface area contributed by atoms with Crippen LogP contribution in [0.5, 0.6) is 0 Å². The van der Waals surface area contributed by atoms with Gasteiger partial charge in [0.05, 0.1) is 0 Å². The third-order valence-corrected chi connectivity index (χ3v) is 3.65. The van der Waals surface area contributed by atoms with E-state index >= 15 is 0 Å². The summed E-state index contributed by atoms with van der Waals surface area (Å²) < 4.78 is 1.02. The molecule has 0 radical (unpaired) electrons. The largest absolute Gasteiger partial charge is 0.396 e. The van der Waals surface area contributed by atoms with Crippen LogP contribution in [0.3, 0.4) is 0 Å². The summed E-state index contributed by atoms with van der Waals surface area (Å²) in [4.78, 5) is 13.5. The van der Waals surface area contributed by atoms with Gasteiger partial charge in [0.25, 0.3) is 0 Å². The average molecular weight is 284 g/mol. The van der Waals surface area contributed by atoms with E-state index in [0.717, 1.165) is 10.0 Å². The third-order valence-electron chi connectivity index (χ3n) is 2.87. The number of likely N-dealkylation sites (tertiary alicyclic amines) is 1. The molecule has 86 valence electrons. The number of halogens is 1. The summed E-state index contributed by atoms with van der Waals surface area (Å²) in [5.41, 5.74) is 1.11. The van der Waals surface area contributed by atoms with Gasteiger partial charge in [0.1, 0.15) is 0 Å². The van der Waals surface area contributed by atoms with Crippen LogP contribution in [-0.2, 0) is 11.3 Å². The molecular weight excluding hydrogens is 270 g/mol. The molecular formula is C12H14BrNO2. The molecule has 1 unspecified atom stereocenters. The number of benzene rings is 1. The molecule has 2 rings (SSSR count). The lowest BCUT2D eigenvalue weighted by atomic mass is 10.1. The fourth-order valence-corrected chi connectivity index (χ4v) is 2.37. The predicted molar refractivity (Wildman–Crippen MR) is 64.8 cm³/mol. The maximum atomic E-state index is 11.7. The molecule has 1 aromatic rings. The van der Waals surface area contributed by atoms with Crippen molar-refractivity contribution in [1.29, 1.82) is 0 Å². The van der Waals surface area contributed by atoms with Crippen molar-refractivity contribution in [2.45, 2.75) is 13.0 Å². The quantitative estimate of drug-likeness (QED) is 0.919. The number of nitrogens with zero attached hydrogens (tertiary/aromatic N) is 1. The van der Waals surface area contributed by atoms with Crippen molar-refractivity contribution < 1.29 is 9.90 Å². The highest BCUT2D eigenvalue weighted by molar-refractivity contribution is 9.10. The summed E-state index contributed by atoms with van der Waals surface area (Å²) in [6.07, 6.45) is 0.473. The molecule has 1 aromatic carbocycles. The molecule has 1 N–H and O–H groups in total. The second-order valence-corrected chi connectivity index (χ2v) is 4.97. The van der Waals surface area contributed by atoms with E-state index in [1.54, 1.807) is 4.90 Å². The molecule has 0 aliphatic carbocycles. The zero-order valence-corrected chi connectivity index (χ0v) is 10.5. The average Bonchev–Trinajstić information content (AvgIpc) is 2.63. The molecule has 0 aromatic heterocycles. The van der Waals surface area contributed by atoms with Crippen LogP contribution in [0.25, 0.3) is 0 Å². The molecule has 1 fully saturated rings. The van der Waals surface area contributed by atoms with E-state index in [-0.39, 0.29) is 18.4 Å². The van der Waals surface area contributed by atoms with Gasteiger partial charge in [0.15, 0.2) is 0 Å². The Morgan fingerprint density at radius 2 is 2.19 bits per heavy atom. The number of rotatable bonds is 3. The Hall–Kier alpha value is -0.870. The van der Waals surface area contributed by atoms with E-state index in [9.17, 15) is 4.79 Å². The molecule has 1 heterocycles. The minimum Gasteiger partial charge on any atom is -0.396 e. The van der Waals surface area contributed by atoms with Crippen LogP contribution in [0.1, 0.15) is 12.0 Å². The molecule has 0 saturated carbocycles. The maximum Gasteiger partial charge on any atom is 0.223 e. The second-order valence-electron chi connectivity index (χ2n) is 4.12. The number of aliphatic hydroxyl groups is 1. The summed E-state index contributed by atoms with van der Waals surface area (Å²) in [5, 5.41) is 9.03. The van der Waals surface area contributed by atoms with Crippen molar-refractivity contribution in [3.8, 4) is 0 Å². The highest BCUT2D eigenvalue weighted by atomic mass is 79.9. The molecule has 0 bridgehead atoms. The molecule has 1 aliphatic heterocycles. The predicted octanol–water partition coefficient (Wildman–Crippen LogP) is 1.79. The zero-order chi connectivity index (χ0) is 11.5. The first-order valence-corrected chi connectivity index (χ1v) is 6.12. The molecule has 1 atom stereocenters. The van der Waals surface area contributed by atoms with Crippen molar-refractivity contribution in [2.24, 2.45) is 5.92 Å². The lowest BCUT2D eigenvalue weighted by Crippen LogP contribution is -2.25. The Bertz CT molecular complexity index is 394. The Balaban J connectivity index is 2.06. The molecule has 4 heteroatoms. The molecule has 3 nitrogen and oxygen atoms in total.